The number of thioether (sulfide) groups is 2. The van der Waals surface area contributed by atoms with Gasteiger partial charge in [0.1, 0.15) is 17.2 Å². The number of para-hydroxylation sites is 2. The van der Waals surface area contributed by atoms with Crippen molar-refractivity contribution in [3.05, 3.63) is 79.9 Å². The van der Waals surface area contributed by atoms with E-state index >= 15 is 0 Å². The highest BCUT2D eigenvalue weighted by atomic mass is 35.5. The molecular weight excluding hydrogens is 668 g/mol. The molecule has 1 amide bonds. The summed E-state index contributed by atoms with van der Waals surface area (Å²) < 4.78 is 5.48. The van der Waals surface area contributed by atoms with E-state index in [1.807, 2.05) is 76.7 Å². The van der Waals surface area contributed by atoms with Gasteiger partial charge in [-0.1, -0.05) is 24.3 Å². The van der Waals surface area contributed by atoms with Crippen LogP contribution in [-0.4, -0.2) is 73.2 Å². The minimum absolute atomic E-state index is 0. The zero-order valence-electron chi connectivity index (χ0n) is 28.4. The SMILES string of the molecule is Cc1cccc2c(=O)[nH]c(CSC3CCCN(C(=O)OC(C)(C)C)C3)nc12.Cc1cccc2c(=O)[nH]c(CSC3CCCNC3)nc12.Cl. The molecule has 4 heterocycles. The first-order chi connectivity index (χ1) is 22.5. The lowest BCUT2D eigenvalue weighted by molar-refractivity contribution is 0.0220. The molecule has 2 aromatic heterocycles. The van der Waals surface area contributed by atoms with Crippen LogP contribution >= 0.6 is 35.9 Å². The summed E-state index contributed by atoms with van der Waals surface area (Å²) in [6, 6.07) is 11.4. The molecule has 0 aliphatic carbocycles. The van der Waals surface area contributed by atoms with Gasteiger partial charge < -0.3 is 24.9 Å². The van der Waals surface area contributed by atoms with Gasteiger partial charge in [-0.3, -0.25) is 9.59 Å². The number of ether oxygens (including phenoxy) is 1. The molecular formula is C35H47ClN6O4S2. The number of fused-ring (bicyclic) bond motifs is 2. The fourth-order valence-electron chi connectivity index (χ4n) is 5.76. The molecule has 0 saturated carbocycles. The number of hydrogen-bond donors (Lipinski definition) is 3. The van der Waals surface area contributed by atoms with E-state index in [0.717, 1.165) is 66.2 Å². The van der Waals surface area contributed by atoms with Crippen LogP contribution in [0.2, 0.25) is 0 Å². The van der Waals surface area contributed by atoms with Crippen LogP contribution in [0.1, 0.15) is 69.2 Å². The maximum absolute atomic E-state index is 12.3. The number of likely N-dealkylation sites (tertiary alicyclic amines) is 1. The Kier molecular flexibility index (Phi) is 13.4. The second-order valence-electron chi connectivity index (χ2n) is 13.2. The van der Waals surface area contributed by atoms with Crippen molar-refractivity contribution in [1.82, 2.24) is 30.2 Å². The monoisotopic (exact) mass is 714 g/mol. The Hall–Kier alpha value is -3.06. The van der Waals surface area contributed by atoms with Crippen LogP contribution in [-0.2, 0) is 16.2 Å². The number of hydrogen-bond acceptors (Lipinski definition) is 9. The lowest BCUT2D eigenvalue weighted by Gasteiger charge is -2.33. The Bertz CT molecular complexity index is 1820. The Balaban J connectivity index is 0.000000221. The molecule has 260 valence electrons. The van der Waals surface area contributed by atoms with Crippen molar-refractivity contribution in [2.45, 2.75) is 87.9 Å². The Labute approximate surface area is 296 Å². The number of H-pyrrole nitrogens is 2. The van der Waals surface area contributed by atoms with Gasteiger partial charge in [0.25, 0.3) is 11.1 Å². The number of rotatable bonds is 6. The molecule has 6 rings (SSSR count). The van der Waals surface area contributed by atoms with Gasteiger partial charge in [-0.15, -0.1) is 35.9 Å². The standard InChI is InChI=1S/C20H27N3O3S.C15H19N3OS.ClH/c1-13-7-5-9-15-17(13)21-16(22-18(15)24)12-27-14-8-6-10-23(11-14)19(25)26-20(2,3)4;1-10-4-2-6-12-14(10)17-13(18-15(12)19)9-20-11-5-3-7-16-8-11;/h5,7,9,14H,6,8,10-12H2,1-4H3,(H,21,22,24);2,4,6,11,16H,3,5,7-9H2,1H3,(H,17,18,19);1H. The highest BCUT2D eigenvalue weighted by Gasteiger charge is 2.28. The number of carbonyl (C=O) groups is 1. The van der Waals surface area contributed by atoms with Gasteiger partial charge in [-0.25, -0.2) is 14.8 Å². The third-order valence-electron chi connectivity index (χ3n) is 8.17. The summed E-state index contributed by atoms with van der Waals surface area (Å²) in [5.41, 5.74) is 3.03. The van der Waals surface area contributed by atoms with Crippen LogP contribution in [0, 0.1) is 13.8 Å². The largest absolute Gasteiger partial charge is 0.444 e. The first-order valence-electron chi connectivity index (χ1n) is 16.4. The van der Waals surface area contributed by atoms with Crippen molar-refractivity contribution in [3.63, 3.8) is 0 Å². The zero-order valence-corrected chi connectivity index (χ0v) is 30.8. The number of aromatic nitrogens is 4. The van der Waals surface area contributed by atoms with Crippen molar-refractivity contribution >= 4 is 63.8 Å². The van der Waals surface area contributed by atoms with Crippen LogP contribution in [0.15, 0.2) is 46.0 Å². The van der Waals surface area contributed by atoms with Crippen molar-refractivity contribution in [1.29, 1.82) is 0 Å². The molecule has 0 spiro atoms. The van der Waals surface area contributed by atoms with E-state index in [1.54, 1.807) is 22.7 Å². The van der Waals surface area contributed by atoms with Crippen molar-refractivity contribution in [3.8, 4) is 0 Å². The third-order valence-corrected chi connectivity index (χ3v) is 10.8. The molecule has 13 heteroatoms. The number of carbonyl (C=O) groups excluding carboxylic acids is 1. The van der Waals surface area contributed by atoms with E-state index in [1.165, 1.54) is 12.8 Å². The minimum Gasteiger partial charge on any atom is -0.444 e. The fraction of sp³-hybridized carbons (Fsp3) is 0.514. The molecule has 0 bridgehead atoms. The van der Waals surface area contributed by atoms with Crippen LogP contribution < -0.4 is 16.4 Å². The lowest BCUT2D eigenvalue weighted by atomic mass is 10.1. The van der Waals surface area contributed by atoms with Crippen LogP contribution in [0.25, 0.3) is 21.8 Å². The number of halogens is 1. The molecule has 2 aliphatic rings. The second kappa shape index (κ2) is 17.0. The molecule has 4 aromatic rings. The number of aromatic amines is 2. The van der Waals surface area contributed by atoms with Crippen molar-refractivity contribution < 1.29 is 9.53 Å². The first-order valence-corrected chi connectivity index (χ1v) is 18.5. The van der Waals surface area contributed by atoms with Gasteiger partial charge in [0.15, 0.2) is 0 Å². The number of nitrogens with zero attached hydrogens (tertiary/aromatic N) is 3. The van der Waals surface area contributed by atoms with Gasteiger partial charge in [0, 0.05) is 30.1 Å². The highest BCUT2D eigenvalue weighted by molar-refractivity contribution is 7.99. The molecule has 2 saturated heterocycles. The molecule has 2 atom stereocenters. The van der Waals surface area contributed by atoms with Gasteiger partial charge in [0.2, 0.25) is 0 Å². The zero-order chi connectivity index (χ0) is 33.6. The maximum atomic E-state index is 12.3. The minimum atomic E-state index is -0.483. The average molecular weight is 715 g/mol. The van der Waals surface area contributed by atoms with E-state index in [2.05, 4.69) is 25.3 Å². The predicted molar refractivity (Wildman–Crippen MR) is 201 cm³/mol. The number of aryl methyl sites for hydroxylation is 2. The summed E-state index contributed by atoms with van der Waals surface area (Å²) in [5, 5.41) is 5.65. The van der Waals surface area contributed by atoms with Gasteiger partial charge in [0.05, 0.1) is 33.3 Å². The summed E-state index contributed by atoms with van der Waals surface area (Å²) >= 11 is 3.61. The molecule has 0 radical (unpaired) electrons. The van der Waals surface area contributed by atoms with Crippen LogP contribution in [0.4, 0.5) is 4.79 Å². The van der Waals surface area contributed by atoms with Gasteiger partial charge in [-0.05, 0) is 90.1 Å². The lowest BCUT2D eigenvalue weighted by Crippen LogP contribution is -2.43. The van der Waals surface area contributed by atoms with Crippen LogP contribution in [0.3, 0.4) is 0 Å². The summed E-state index contributed by atoms with van der Waals surface area (Å²) in [5.74, 6) is 2.85. The maximum Gasteiger partial charge on any atom is 0.410 e. The first kappa shape index (κ1) is 37.8. The Morgan fingerprint density at radius 1 is 0.875 bits per heavy atom. The molecule has 2 fully saturated rings. The topological polar surface area (TPSA) is 133 Å². The number of piperidine rings is 2. The highest BCUT2D eigenvalue weighted by Crippen LogP contribution is 2.27. The number of nitrogens with one attached hydrogen (secondary N) is 3. The van der Waals surface area contributed by atoms with E-state index in [4.69, 9.17) is 4.74 Å². The predicted octanol–water partition coefficient (Wildman–Crippen LogP) is 6.50. The molecule has 10 nitrogen and oxygen atoms in total. The number of amides is 1. The third kappa shape index (κ3) is 10.2. The quantitative estimate of drug-likeness (QED) is 0.205. The van der Waals surface area contributed by atoms with Crippen molar-refractivity contribution in [2.24, 2.45) is 0 Å². The molecule has 48 heavy (non-hydrogen) atoms. The van der Waals surface area contributed by atoms with E-state index in [9.17, 15) is 14.4 Å². The Morgan fingerprint density at radius 3 is 1.94 bits per heavy atom. The van der Waals surface area contributed by atoms with Gasteiger partial charge in [-0.2, -0.15) is 0 Å². The summed E-state index contributed by atoms with van der Waals surface area (Å²) in [7, 11) is 0. The van der Waals surface area contributed by atoms with Crippen molar-refractivity contribution in [2.75, 3.05) is 26.2 Å². The molecule has 2 aromatic carbocycles. The van der Waals surface area contributed by atoms with E-state index < -0.39 is 5.60 Å². The van der Waals surface area contributed by atoms with Crippen LogP contribution in [0.5, 0.6) is 0 Å². The molecule has 2 unspecified atom stereocenters. The Morgan fingerprint density at radius 2 is 1.42 bits per heavy atom. The smallest absolute Gasteiger partial charge is 0.410 e. The molecule has 2 aliphatic heterocycles. The average Bonchev–Trinajstić information content (AvgIpc) is 3.04. The molecule has 3 N–H and O–H groups in total. The van der Waals surface area contributed by atoms with Gasteiger partial charge >= 0.3 is 6.09 Å². The fourth-order valence-corrected chi connectivity index (χ4v) is 8.01. The summed E-state index contributed by atoms with van der Waals surface area (Å²) in [6.45, 7) is 13.2. The summed E-state index contributed by atoms with van der Waals surface area (Å²) in [4.78, 5) is 53.5. The summed E-state index contributed by atoms with van der Waals surface area (Å²) in [6.07, 6.45) is 4.23. The van der Waals surface area contributed by atoms with E-state index in [0.29, 0.717) is 39.4 Å². The number of benzene rings is 2. The van der Waals surface area contributed by atoms with E-state index in [-0.39, 0.29) is 29.6 Å². The second-order valence-corrected chi connectivity index (χ2v) is 15.8. The normalized spacial score (nSPS) is 18.1.